The molecular weight excluding hydrogens is 471 g/mol. The highest BCUT2D eigenvalue weighted by molar-refractivity contribution is 7.62. The van der Waals surface area contributed by atoms with Crippen molar-refractivity contribution in [1.29, 1.82) is 0 Å². The number of amides is 1. The maximum atomic E-state index is 15.0. The van der Waals surface area contributed by atoms with Crippen molar-refractivity contribution >= 4 is 42.3 Å². The Balaban J connectivity index is 2.06. The Kier molecular flexibility index (Phi) is 8.14. The van der Waals surface area contributed by atoms with Crippen LogP contribution in [0.25, 0.3) is 11.0 Å². The molecule has 182 valence electrons. The molecule has 12 heteroatoms. The van der Waals surface area contributed by atoms with E-state index in [-0.39, 0.29) is 48.7 Å². The molecule has 0 atom stereocenters. The predicted octanol–water partition coefficient (Wildman–Crippen LogP) is 4.00. The van der Waals surface area contributed by atoms with E-state index < -0.39 is 25.2 Å². The average Bonchev–Trinajstić information content (AvgIpc) is 3.13. The topological polar surface area (TPSA) is 109 Å². The molecule has 0 unspecified atom stereocenters. The molecule has 0 aliphatic heterocycles. The van der Waals surface area contributed by atoms with E-state index in [0.29, 0.717) is 17.4 Å². The van der Waals surface area contributed by atoms with Crippen molar-refractivity contribution < 1.29 is 36.7 Å². The number of hydrogen-bond acceptors (Lipinski definition) is 7. The molecule has 1 N–H and O–H groups in total. The van der Waals surface area contributed by atoms with Crippen LogP contribution in [0.5, 0.6) is 0 Å². The summed E-state index contributed by atoms with van der Waals surface area (Å²) >= 11 is 0. The lowest BCUT2D eigenvalue weighted by Crippen LogP contribution is -2.16. The highest BCUT2D eigenvalue weighted by atomic mass is 31.2. The molecule has 2 aromatic carbocycles. The zero-order valence-electron chi connectivity index (χ0n) is 18.8. The minimum absolute atomic E-state index is 0.0168. The lowest BCUT2D eigenvalue weighted by Gasteiger charge is -2.18. The fourth-order valence-corrected chi connectivity index (χ4v) is 4.97. The number of benzene rings is 2. The number of rotatable bonds is 11. The Bertz CT molecular complexity index is 1230. The molecule has 1 heterocycles. The van der Waals surface area contributed by atoms with Crippen LogP contribution in [0.1, 0.15) is 36.7 Å². The van der Waals surface area contributed by atoms with Crippen LogP contribution >= 0.6 is 7.60 Å². The standard InChI is InChI=1S/C22H24F2N3O6P/c1-4-31-21(29)14-7-8-20-19(9-14)26-22(25-13-28)27(20)12-16-17(23)10-15(11-18(16)24)34(30,32-5-2)33-6-3/h7-11,13H,4-6,12H2,1-3H3,(H,25,26,28). The molecule has 1 amide bonds. The minimum Gasteiger partial charge on any atom is -0.462 e. The first kappa shape index (κ1) is 25.5. The highest BCUT2D eigenvalue weighted by Crippen LogP contribution is 2.47. The van der Waals surface area contributed by atoms with Gasteiger partial charge in [-0.15, -0.1) is 0 Å². The van der Waals surface area contributed by atoms with Gasteiger partial charge in [0.25, 0.3) is 0 Å². The summed E-state index contributed by atoms with van der Waals surface area (Å²) in [5, 5.41) is 2.15. The van der Waals surface area contributed by atoms with Crippen molar-refractivity contribution in [3.8, 4) is 0 Å². The van der Waals surface area contributed by atoms with Crippen LogP contribution in [0.4, 0.5) is 14.7 Å². The Hall–Kier alpha value is -3.14. The second-order valence-electron chi connectivity index (χ2n) is 6.93. The van der Waals surface area contributed by atoms with E-state index in [0.717, 1.165) is 12.1 Å². The monoisotopic (exact) mass is 495 g/mol. The summed E-state index contributed by atoms with van der Waals surface area (Å²) in [6, 6.07) is 6.30. The highest BCUT2D eigenvalue weighted by Gasteiger charge is 2.29. The number of ether oxygens (including phenoxy) is 1. The third-order valence-corrected chi connectivity index (χ3v) is 6.89. The van der Waals surface area contributed by atoms with Crippen molar-refractivity contribution in [3.05, 3.63) is 53.1 Å². The second kappa shape index (κ2) is 10.9. The maximum absolute atomic E-state index is 15.0. The van der Waals surface area contributed by atoms with Crippen LogP contribution in [0.3, 0.4) is 0 Å². The number of carbonyl (C=O) groups excluding carboxylic acids is 2. The van der Waals surface area contributed by atoms with E-state index in [1.54, 1.807) is 20.8 Å². The number of nitrogens with zero attached hydrogens (tertiary/aromatic N) is 2. The third kappa shape index (κ3) is 5.16. The number of esters is 1. The number of hydrogen-bond donors (Lipinski definition) is 1. The van der Waals surface area contributed by atoms with Gasteiger partial charge in [0, 0.05) is 5.56 Å². The van der Waals surface area contributed by atoms with Gasteiger partial charge in [0.2, 0.25) is 12.4 Å². The lowest BCUT2D eigenvalue weighted by atomic mass is 10.1. The van der Waals surface area contributed by atoms with Crippen molar-refractivity contribution in [2.45, 2.75) is 27.3 Å². The summed E-state index contributed by atoms with van der Waals surface area (Å²) in [6.07, 6.45) is 0.375. The molecule has 0 radical (unpaired) electrons. The van der Waals surface area contributed by atoms with Gasteiger partial charge in [-0.2, -0.15) is 0 Å². The number of aromatic nitrogens is 2. The molecule has 34 heavy (non-hydrogen) atoms. The van der Waals surface area contributed by atoms with E-state index in [9.17, 15) is 14.2 Å². The van der Waals surface area contributed by atoms with Gasteiger partial charge in [-0.05, 0) is 51.1 Å². The van der Waals surface area contributed by atoms with Crippen LogP contribution in [-0.2, 0) is 29.7 Å². The van der Waals surface area contributed by atoms with Gasteiger partial charge >= 0.3 is 13.6 Å². The molecule has 3 aromatic rings. The molecule has 0 aliphatic rings. The lowest BCUT2D eigenvalue weighted by molar-refractivity contribution is -0.105. The number of anilines is 1. The van der Waals surface area contributed by atoms with Crippen molar-refractivity contribution in [3.63, 3.8) is 0 Å². The molecule has 0 saturated heterocycles. The fourth-order valence-electron chi connectivity index (χ4n) is 3.38. The summed E-state index contributed by atoms with van der Waals surface area (Å²) in [4.78, 5) is 27.4. The predicted molar refractivity (Wildman–Crippen MR) is 121 cm³/mol. The van der Waals surface area contributed by atoms with Crippen LogP contribution in [0.2, 0.25) is 0 Å². The minimum atomic E-state index is -3.90. The number of nitrogens with one attached hydrogen (secondary N) is 1. The largest absolute Gasteiger partial charge is 0.462 e. The van der Waals surface area contributed by atoms with Gasteiger partial charge in [-0.3, -0.25) is 14.7 Å². The van der Waals surface area contributed by atoms with Crippen LogP contribution in [-0.4, -0.2) is 41.8 Å². The van der Waals surface area contributed by atoms with Crippen LogP contribution in [0, 0.1) is 11.6 Å². The summed E-state index contributed by atoms with van der Waals surface area (Å²) in [7, 11) is -3.90. The molecule has 0 bridgehead atoms. The smallest absolute Gasteiger partial charge is 0.361 e. The molecule has 3 rings (SSSR count). The zero-order chi connectivity index (χ0) is 24.9. The Morgan fingerprint density at radius 1 is 1.09 bits per heavy atom. The SMILES string of the molecule is CCOC(=O)c1ccc2c(c1)nc(NC=O)n2Cc1c(F)cc(P(=O)(OCC)OCC)cc1F. The van der Waals surface area contributed by atoms with E-state index in [4.69, 9.17) is 13.8 Å². The first-order chi connectivity index (χ1) is 16.3. The van der Waals surface area contributed by atoms with Gasteiger partial charge in [0.05, 0.1) is 48.3 Å². The summed E-state index contributed by atoms with van der Waals surface area (Å²) < 4.78 is 59.7. The second-order valence-corrected chi connectivity index (χ2v) is 8.96. The summed E-state index contributed by atoms with van der Waals surface area (Å²) in [5.74, 6) is -2.49. The van der Waals surface area contributed by atoms with Crippen molar-refractivity contribution in [2.24, 2.45) is 0 Å². The van der Waals surface area contributed by atoms with E-state index in [1.807, 2.05) is 0 Å². The number of fused-ring (bicyclic) bond motifs is 1. The van der Waals surface area contributed by atoms with Crippen LogP contribution in [0.15, 0.2) is 30.3 Å². The molecule has 0 saturated carbocycles. The van der Waals surface area contributed by atoms with Gasteiger partial charge in [0.15, 0.2) is 0 Å². The molecule has 0 fully saturated rings. The number of halogens is 2. The molecule has 1 aromatic heterocycles. The molecule has 9 nitrogen and oxygen atoms in total. The Labute approximate surface area is 194 Å². The van der Waals surface area contributed by atoms with Crippen molar-refractivity contribution in [2.75, 3.05) is 25.1 Å². The summed E-state index contributed by atoms with van der Waals surface area (Å²) in [6.45, 7) is 4.74. The van der Waals surface area contributed by atoms with E-state index in [1.165, 1.54) is 22.8 Å². The van der Waals surface area contributed by atoms with Gasteiger partial charge in [-0.1, -0.05) is 0 Å². The first-order valence-corrected chi connectivity index (χ1v) is 12.1. The van der Waals surface area contributed by atoms with E-state index >= 15 is 8.78 Å². The third-order valence-electron chi connectivity index (χ3n) is 4.80. The summed E-state index contributed by atoms with van der Waals surface area (Å²) in [5.41, 5.74) is 0.603. The molecule has 0 spiro atoms. The maximum Gasteiger partial charge on any atom is 0.361 e. The number of imidazole rings is 1. The molecular formula is C22H24F2N3O6P. The van der Waals surface area contributed by atoms with Gasteiger partial charge in [0.1, 0.15) is 11.6 Å². The molecule has 0 aliphatic carbocycles. The van der Waals surface area contributed by atoms with Crippen LogP contribution < -0.4 is 10.6 Å². The Morgan fingerprint density at radius 2 is 1.74 bits per heavy atom. The van der Waals surface area contributed by atoms with Crippen molar-refractivity contribution in [1.82, 2.24) is 9.55 Å². The number of carbonyl (C=O) groups is 2. The normalized spacial score (nSPS) is 11.6. The average molecular weight is 495 g/mol. The zero-order valence-corrected chi connectivity index (χ0v) is 19.7. The first-order valence-electron chi connectivity index (χ1n) is 10.5. The Morgan fingerprint density at radius 3 is 2.29 bits per heavy atom. The van der Waals surface area contributed by atoms with E-state index in [2.05, 4.69) is 10.3 Å². The van der Waals surface area contributed by atoms with Gasteiger partial charge in [-0.25, -0.2) is 18.6 Å². The quantitative estimate of drug-likeness (QED) is 0.243. The fraction of sp³-hybridized carbons (Fsp3) is 0.318. The van der Waals surface area contributed by atoms with Gasteiger partial charge < -0.3 is 18.4 Å².